The maximum atomic E-state index is 12.8. The molecule has 1 fully saturated rings. The van der Waals surface area contributed by atoms with Crippen molar-refractivity contribution in [1.29, 1.82) is 0 Å². The quantitative estimate of drug-likeness (QED) is 0.939. The Morgan fingerprint density at radius 3 is 2.65 bits per heavy atom. The number of carboxylic acids is 1. The highest BCUT2D eigenvalue weighted by Crippen LogP contribution is 2.42. The van der Waals surface area contributed by atoms with E-state index in [4.69, 9.17) is 11.6 Å². The number of aromatic nitrogens is 1. The van der Waals surface area contributed by atoms with E-state index in [0.717, 1.165) is 0 Å². The summed E-state index contributed by atoms with van der Waals surface area (Å²) in [6.07, 6.45) is 3.95. The number of aliphatic carboxylic acids is 1. The minimum absolute atomic E-state index is 0.331. The van der Waals surface area contributed by atoms with Crippen LogP contribution in [0.2, 0.25) is 5.02 Å². The van der Waals surface area contributed by atoms with Gasteiger partial charge in [0.05, 0.1) is 5.56 Å². The molecule has 23 heavy (non-hydrogen) atoms. The molecule has 1 saturated heterocycles. The highest BCUT2D eigenvalue weighted by Gasteiger charge is 2.52. The molecule has 1 N–H and O–H groups in total. The van der Waals surface area contributed by atoms with Gasteiger partial charge in [-0.15, -0.1) is 0 Å². The predicted molar refractivity (Wildman–Crippen MR) is 85.3 cm³/mol. The van der Waals surface area contributed by atoms with E-state index in [9.17, 15) is 14.7 Å². The Labute approximate surface area is 138 Å². The average molecular weight is 331 g/mol. The summed E-state index contributed by atoms with van der Waals surface area (Å²) in [6.45, 7) is 0.366. The number of amides is 1. The molecule has 1 aromatic carbocycles. The van der Waals surface area contributed by atoms with Crippen molar-refractivity contribution in [3.8, 4) is 0 Å². The van der Waals surface area contributed by atoms with Crippen LogP contribution in [-0.4, -0.2) is 33.4 Å². The van der Waals surface area contributed by atoms with Gasteiger partial charge < -0.3 is 10.0 Å². The summed E-state index contributed by atoms with van der Waals surface area (Å²) in [5, 5.41) is 10.3. The molecular formula is C17H15ClN2O3. The SMILES string of the molecule is O=C(c1cccnc1)N1CCCC1(C(=O)O)c1ccccc1Cl. The molecule has 0 spiro atoms. The lowest BCUT2D eigenvalue weighted by atomic mass is 9.86. The van der Waals surface area contributed by atoms with Crippen molar-refractivity contribution in [3.63, 3.8) is 0 Å². The Hall–Kier alpha value is -2.40. The molecule has 1 unspecified atom stereocenters. The molecule has 1 atom stereocenters. The van der Waals surface area contributed by atoms with Crippen molar-refractivity contribution in [2.45, 2.75) is 18.4 Å². The van der Waals surface area contributed by atoms with Gasteiger partial charge in [-0.05, 0) is 31.0 Å². The van der Waals surface area contributed by atoms with Crippen LogP contribution >= 0.6 is 11.6 Å². The lowest BCUT2D eigenvalue weighted by Gasteiger charge is -2.35. The molecule has 0 bridgehead atoms. The molecule has 6 heteroatoms. The van der Waals surface area contributed by atoms with E-state index in [1.165, 1.54) is 11.1 Å². The number of benzene rings is 1. The molecule has 1 aliphatic rings. The van der Waals surface area contributed by atoms with Crippen LogP contribution in [-0.2, 0) is 10.3 Å². The van der Waals surface area contributed by atoms with Gasteiger partial charge in [-0.3, -0.25) is 9.78 Å². The zero-order valence-corrected chi connectivity index (χ0v) is 13.0. The molecule has 0 radical (unpaired) electrons. The Morgan fingerprint density at radius 1 is 1.22 bits per heavy atom. The van der Waals surface area contributed by atoms with E-state index in [1.54, 1.807) is 42.6 Å². The maximum absolute atomic E-state index is 12.8. The van der Waals surface area contributed by atoms with Crippen LogP contribution in [0.4, 0.5) is 0 Å². The van der Waals surface area contributed by atoms with Crippen LogP contribution < -0.4 is 0 Å². The fourth-order valence-corrected chi connectivity index (χ4v) is 3.45. The molecule has 2 heterocycles. The molecule has 2 aromatic rings. The lowest BCUT2D eigenvalue weighted by Crippen LogP contribution is -2.50. The smallest absolute Gasteiger partial charge is 0.334 e. The highest BCUT2D eigenvalue weighted by molar-refractivity contribution is 6.31. The highest BCUT2D eigenvalue weighted by atomic mass is 35.5. The molecule has 1 aliphatic heterocycles. The number of carbonyl (C=O) groups is 2. The summed E-state index contributed by atoms with van der Waals surface area (Å²) in [5.41, 5.74) is -0.623. The van der Waals surface area contributed by atoms with Gasteiger partial charge in [0.2, 0.25) is 0 Å². The number of likely N-dealkylation sites (tertiary alicyclic amines) is 1. The first-order valence-electron chi connectivity index (χ1n) is 7.28. The van der Waals surface area contributed by atoms with E-state index < -0.39 is 11.5 Å². The number of nitrogens with zero attached hydrogens (tertiary/aromatic N) is 2. The normalized spacial score (nSPS) is 20.5. The summed E-state index contributed by atoms with van der Waals surface area (Å²) in [5.74, 6) is -1.42. The number of hydrogen-bond acceptors (Lipinski definition) is 3. The molecule has 0 aliphatic carbocycles. The Kier molecular flexibility index (Phi) is 4.05. The average Bonchev–Trinajstić information content (AvgIpc) is 3.01. The van der Waals surface area contributed by atoms with Crippen molar-refractivity contribution in [3.05, 3.63) is 64.9 Å². The van der Waals surface area contributed by atoms with E-state index in [1.807, 2.05) is 0 Å². The maximum Gasteiger partial charge on any atom is 0.334 e. The third-order valence-electron chi connectivity index (χ3n) is 4.21. The van der Waals surface area contributed by atoms with Crippen LogP contribution in [0.1, 0.15) is 28.8 Å². The van der Waals surface area contributed by atoms with Crippen molar-refractivity contribution in [2.24, 2.45) is 0 Å². The van der Waals surface area contributed by atoms with E-state index in [2.05, 4.69) is 4.98 Å². The second kappa shape index (κ2) is 6.01. The fourth-order valence-electron chi connectivity index (χ4n) is 3.15. The zero-order valence-electron chi connectivity index (χ0n) is 12.3. The molecule has 5 nitrogen and oxygen atoms in total. The number of rotatable bonds is 3. The second-order valence-electron chi connectivity index (χ2n) is 5.45. The summed E-state index contributed by atoms with van der Waals surface area (Å²) >= 11 is 6.24. The molecule has 3 rings (SSSR count). The summed E-state index contributed by atoms with van der Waals surface area (Å²) in [7, 11) is 0. The molecule has 0 saturated carbocycles. The Balaban J connectivity index is 2.11. The largest absolute Gasteiger partial charge is 0.479 e. The molecule has 1 aromatic heterocycles. The third kappa shape index (κ3) is 2.47. The minimum Gasteiger partial charge on any atom is -0.479 e. The van der Waals surface area contributed by atoms with Gasteiger partial charge >= 0.3 is 5.97 Å². The van der Waals surface area contributed by atoms with Crippen LogP contribution in [0.5, 0.6) is 0 Å². The summed E-state index contributed by atoms with van der Waals surface area (Å²) in [4.78, 5) is 30.3. The van der Waals surface area contributed by atoms with Crippen molar-refractivity contribution in [1.82, 2.24) is 9.88 Å². The number of hydrogen-bond donors (Lipinski definition) is 1. The van der Waals surface area contributed by atoms with Crippen LogP contribution in [0.3, 0.4) is 0 Å². The van der Waals surface area contributed by atoms with Crippen molar-refractivity contribution >= 4 is 23.5 Å². The Bertz CT molecular complexity index is 751. The van der Waals surface area contributed by atoms with Gasteiger partial charge in [0.15, 0.2) is 5.54 Å². The molecule has 1 amide bonds. The van der Waals surface area contributed by atoms with E-state index in [-0.39, 0.29) is 5.91 Å². The summed E-state index contributed by atoms with van der Waals surface area (Å²) in [6, 6.07) is 10.1. The van der Waals surface area contributed by atoms with Gasteiger partial charge in [0.1, 0.15) is 0 Å². The van der Waals surface area contributed by atoms with Crippen molar-refractivity contribution < 1.29 is 14.7 Å². The lowest BCUT2D eigenvalue weighted by molar-refractivity contribution is -0.149. The van der Waals surface area contributed by atoms with E-state index >= 15 is 0 Å². The van der Waals surface area contributed by atoms with Gasteiger partial charge in [-0.25, -0.2) is 4.79 Å². The summed E-state index contributed by atoms with van der Waals surface area (Å²) < 4.78 is 0. The Morgan fingerprint density at radius 2 is 2.00 bits per heavy atom. The van der Waals surface area contributed by atoms with E-state index in [0.29, 0.717) is 35.5 Å². The number of carboxylic acid groups (broad SMARTS) is 1. The first-order valence-corrected chi connectivity index (χ1v) is 7.65. The minimum atomic E-state index is -1.44. The second-order valence-corrected chi connectivity index (χ2v) is 5.85. The number of carbonyl (C=O) groups excluding carboxylic acids is 1. The molecule has 118 valence electrons. The fraction of sp³-hybridized carbons (Fsp3) is 0.235. The first-order chi connectivity index (χ1) is 11.1. The third-order valence-corrected chi connectivity index (χ3v) is 4.54. The van der Waals surface area contributed by atoms with Crippen LogP contribution in [0.25, 0.3) is 0 Å². The first kappa shape index (κ1) is 15.5. The topological polar surface area (TPSA) is 70.5 Å². The monoisotopic (exact) mass is 330 g/mol. The van der Waals surface area contributed by atoms with Crippen molar-refractivity contribution in [2.75, 3.05) is 6.54 Å². The standard InChI is InChI=1S/C17H15ClN2O3/c18-14-7-2-1-6-13(14)17(16(22)23)8-4-10-20(17)15(21)12-5-3-9-19-11-12/h1-3,5-7,9,11H,4,8,10H2,(H,22,23). The number of halogens is 1. The van der Waals surface area contributed by atoms with Crippen LogP contribution in [0.15, 0.2) is 48.8 Å². The van der Waals surface area contributed by atoms with Gasteiger partial charge in [0, 0.05) is 29.5 Å². The number of pyridine rings is 1. The van der Waals surface area contributed by atoms with Gasteiger partial charge in [0.25, 0.3) is 5.91 Å². The van der Waals surface area contributed by atoms with Gasteiger partial charge in [-0.1, -0.05) is 29.8 Å². The molecular weight excluding hydrogens is 316 g/mol. The predicted octanol–water partition coefficient (Wildman–Crippen LogP) is 2.95. The van der Waals surface area contributed by atoms with Gasteiger partial charge in [-0.2, -0.15) is 0 Å². The van der Waals surface area contributed by atoms with Crippen LogP contribution in [0, 0.1) is 0 Å². The zero-order chi connectivity index (χ0) is 16.4.